The lowest BCUT2D eigenvalue weighted by Crippen LogP contribution is -2.32. The fourth-order valence-corrected chi connectivity index (χ4v) is 3.77. The van der Waals surface area contributed by atoms with E-state index in [0.29, 0.717) is 12.3 Å². The Morgan fingerprint density at radius 3 is 2.67 bits per heavy atom. The van der Waals surface area contributed by atoms with Crippen LogP contribution in [0.4, 0.5) is 0 Å². The summed E-state index contributed by atoms with van der Waals surface area (Å²) in [6, 6.07) is 8.42. The topological polar surface area (TPSA) is 69.0 Å². The summed E-state index contributed by atoms with van der Waals surface area (Å²) < 4.78 is 7.45. The maximum atomic E-state index is 12.0. The Bertz CT molecular complexity index is 774. The van der Waals surface area contributed by atoms with E-state index in [0.717, 1.165) is 36.0 Å². The van der Waals surface area contributed by atoms with Crippen molar-refractivity contribution in [2.75, 3.05) is 18.9 Å². The lowest BCUT2D eigenvalue weighted by molar-refractivity contribution is -0.119. The Hall–Kier alpha value is -1.86. The molecule has 1 atom stereocenters. The first kappa shape index (κ1) is 19.9. The van der Waals surface area contributed by atoms with Crippen LogP contribution in [0.2, 0.25) is 0 Å². The molecule has 6 nitrogen and oxygen atoms in total. The van der Waals surface area contributed by atoms with Crippen molar-refractivity contribution in [2.24, 2.45) is 7.05 Å². The van der Waals surface area contributed by atoms with E-state index < -0.39 is 0 Å². The molecule has 2 heterocycles. The fraction of sp³-hybridized carbons (Fsp3) is 0.550. The minimum atomic E-state index is -0.00502. The number of benzene rings is 1. The van der Waals surface area contributed by atoms with Crippen molar-refractivity contribution in [3.05, 3.63) is 29.8 Å². The lowest BCUT2D eigenvalue weighted by Gasteiger charge is -2.19. The average molecular weight is 389 g/mol. The van der Waals surface area contributed by atoms with Crippen molar-refractivity contribution in [1.82, 2.24) is 20.1 Å². The number of aromatic nitrogens is 3. The molecule has 0 aliphatic carbocycles. The molecule has 0 saturated carbocycles. The van der Waals surface area contributed by atoms with Crippen molar-refractivity contribution in [2.45, 2.75) is 50.3 Å². The fourth-order valence-electron chi connectivity index (χ4n) is 3.03. The summed E-state index contributed by atoms with van der Waals surface area (Å²) in [6.07, 6.45) is 2.26. The predicted octanol–water partition coefficient (Wildman–Crippen LogP) is 3.17. The van der Waals surface area contributed by atoms with Gasteiger partial charge in [-0.1, -0.05) is 56.8 Å². The van der Waals surface area contributed by atoms with Gasteiger partial charge in [-0.15, -0.1) is 10.2 Å². The number of nitrogens with zero attached hydrogens (tertiary/aromatic N) is 3. The van der Waals surface area contributed by atoms with Crippen LogP contribution in [0.1, 0.15) is 39.2 Å². The minimum Gasteiger partial charge on any atom is -0.376 e. The monoisotopic (exact) mass is 388 g/mol. The number of amides is 1. The van der Waals surface area contributed by atoms with E-state index in [4.69, 9.17) is 4.74 Å². The van der Waals surface area contributed by atoms with E-state index in [1.54, 1.807) is 0 Å². The van der Waals surface area contributed by atoms with Gasteiger partial charge >= 0.3 is 0 Å². The third kappa shape index (κ3) is 5.11. The van der Waals surface area contributed by atoms with Gasteiger partial charge in [0.15, 0.2) is 11.0 Å². The lowest BCUT2D eigenvalue weighted by atomic mass is 9.87. The van der Waals surface area contributed by atoms with Gasteiger partial charge in [-0.05, 0) is 23.8 Å². The second-order valence-electron chi connectivity index (χ2n) is 7.92. The molecule has 1 amide bonds. The molecule has 0 unspecified atom stereocenters. The number of carbonyl (C=O) groups excluding carboxylic acids is 1. The molecular weight excluding hydrogens is 360 g/mol. The maximum Gasteiger partial charge on any atom is 0.230 e. The first-order valence-electron chi connectivity index (χ1n) is 9.36. The van der Waals surface area contributed by atoms with E-state index in [9.17, 15) is 4.79 Å². The zero-order valence-electron chi connectivity index (χ0n) is 16.5. The molecule has 0 spiro atoms. The number of carbonyl (C=O) groups is 1. The molecule has 27 heavy (non-hydrogen) atoms. The Balaban J connectivity index is 1.57. The van der Waals surface area contributed by atoms with Crippen molar-refractivity contribution < 1.29 is 9.53 Å². The van der Waals surface area contributed by atoms with Gasteiger partial charge in [-0.25, -0.2) is 0 Å². The van der Waals surface area contributed by atoms with Gasteiger partial charge in [0.25, 0.3) is 0 Å². The Morgan fingerprint density at radius 1 is 1.30 bits per heavy atom. The summed E-state index contributed by atoms with van der Waals surface area (Å²) in [4.78, 5) is 12.0. The van der Waals surface area contributed by atoms with Gasteiger partial charge in [-0.3, -0.25) is 4.79 Å². The molecule has 1 aliphatic heterocycles. The average Bonchev–Trinajstić information content (AvgIpc) is 3.27. The second-order valence-corrected chi connectivity index (χ2v) is 8.86. The summed E-state index contributed by atoms with van der Waals surface area (Å²) in [7, 11) is 1.93. The van der Waals surface area contributed by atoms with E-state index in [1.165, 1.54) is 17.3 Å². The van der Waals surface area contributed by atoms with Crippen molar-refractivity contribution in [3.8, 4) is 11.4 Å². The zero-order valence-corrected chi connectivity index (χ0v) is 17.3. The molecule has 1 aromatic carbocycles. The smallest absolute Gasteiger partial charge is 0.230 e. The van der Waals surface area contributed by atoms with Crippen LogP contribution in [-0.2, 0) is 22.0 Å². The molecule has 7 heteroatoms. The van der Waals surface area contributed by atoms with E-state index in [-0.39, 0.29) is 17.4 Å². The molecule has 146 valence electrons. The normalized spacial score (nSPS) is 17.3. The molecule has 2 aromatic rings. The van der Waals surface area contributed by atoms with E-state index in [1.807, 2.05) is 11.6 Å². The molecule has 1 aromatic heterocycles. The van der Waals surface area contributed by atoms with Crippen LogP contribution >= 0.6 is 11.8 Å². The number of hydrogen-bond donors (Lipinski definition) is 1. The van der Waals surface area contributed by atoms with Crippen LogP contribution in [0.3, 0.4) is 0 Å². The molecule has 1 saturated heterocycles. The number of thioether (sulfide) groups is 1. The number of hydrogen-bond acceptors (Lipinski definition) is 5. The maximum absolute atomic E-state index is 12.0. The second kappa shape index (κ2) is 8.44. The molecule has 0 bridgehead atoms. The van der Waals surface area contributed by atoms with Crippen LogP contribution < -0.4 is 5.32 Å². The summed E-state index contributed by atoms with van der Waals surface area (Å²) in [5.74, 6) is 1.12. The first-order chi connectivity index (χ1) is 12.8. The van der Waals surface area contributed by atoms with Crippen LogP contribution in [-0.4, -0.2) is 45.7 Å². The molecule has 1 fully saturated rings. The summed E-state index contributed by atoms with van der Waals surface area (Å²) in [5.41, 5.74) is 2.43. The van der Waals surface area contributed by atoms with Gasteiger partial charge < -0.3 is 14.6 Å². The Labute approximate surface area is 165 Å². The molecule has 1 N–H and O–H groups in total. The third-order valence-corrected chi connectivity index (χ3v) is 5.75. The highest BCUT2D eigenvalue weighted by atomic mass is 32.2. The highest BCUT2D eigenvalue weighted by Crippen LogP contribution is 2.27. The highest BCUT2D eigenvalue weighted by Gasteiger charge is 2.18. The van der Waals surface area contributed by atoms with Gasteiger partial charge in [0, 0.05) is 25.8 Å². The van der Waals surface area contributed by atoms with Crippen LogP contribution in [0.5, 0.6) is 0 Å². The predicted molar refractivity (Wildman–Crippen MR) is 108 cm³/mol. The van der Waals surface area contributed by atoms with Crippen LogP contribution in [0, 0.1) is 0 Å². The van der Waals surface area contributed by atoms with E-state index >= 15 is 0 Å². The van der Waals surface area contributed by atoms with Crippen LogP contribution in [0.15, 0.2) is 29.4 Å². The quantitative estimate of drug-likeness (QED) is 0.770. The molecule has 0 radical (unpaired) electrons. The summed E-state index contributed by atoms with van der Waals surface area (Å²) in [5, 5.41) is 12.2. The largest absolute Gasteiger partial charge is 0.376 e. The van der Waals surface area contributed by atoms with Crippen molar-refractivity contribution >= 4 is 17.7 Å². The van der Waals surface area contributed by atoms with Crippen LogP contribution in [0.25, 0.3) is 11.4 Å². The van der Waals surface area contributed by atoms with Crippen molar-refractivity contribution in [1.29, 1.82) is 0 Å². The Morgan fingerprint density at radius 2 is 2.04 bits per heavy atom. The number of nitrogens with one attached hydrogen (secondary N) is 1. The van der Waals surface area contributed by atoms with Crippen molar-refractivity contribution in [3.63, 3.8) is 0 Å². The minimum absolute atomic E-state index is 0.00502. The SMILES string of the molecule is Cn1c(SCC(=O)NC[C@H]2CCCO2)nnc1-c1ccc(C(C)(C)C)cc1. The van der Waals surface area contributed by atoms with Gasteiger partial charge in [0.05, 0.1) is 11.9 Å². The molecule has 1 aliphatic rings. The van der Waals surface area contributed by atoms with Gasteiger partial charge in [-0.2, -0.15) is 0 Å². The number of rotatable bonds is 6. The standard InChI is InChI=1S/C20H28N4O2S/c1-20(2,3)15-9-7-14(8-10-15)18-22-23-19(24(18)4)27-13-17(25)21-12-16-6-5-11-26-16/h7-10,16H,5-6,11-13H2,1-4H3,(H,21,25)/t16-/m1/s1. The zero-order chi connectivity index (χ0) is 19.4. The number of ether oxygens (including phenoxy) is 1. The summed E-state index contributed by atoms with van der Waals surface area (Å²) >= 11 is 1.40. The first-order valence-corrected chi connectivity index (χ1v) is 10.3. The van der Waals surface area contributed by atoms with E-state index in [2.05, 4.69) is 60.6 Å². The van der Waals surface area contributed by atoms with Gasteiger partial charge in [0.1, 0.15) is 0 Å². The molecular formula is C20H28N4O2S. The highest BCUT2D eigenvalue weighted by molar-refractivity contribution is 7.99. The Kier molecular flexibility index (Phi) is 6.22. The third-order valence-electron chi connectivity index (χ3n) is 4.73. The molecule has 3 rings (SSSR count). The van der Waals surface area contributed by atoms with Gasteiger partial charge in [0.2, 0.25) is 5.91 Å². The summed E-state index contributed by atoms with van der Waals surface area (Å²) in [6.45, 7) is 7.98.